The molecule has 1 aliphatic rings. The fraction of sp³-hybridized carbons (Fsp3) is 0.304. The second kappa shape index (κ2) is 8.68. The molecule has 9 heteroatoms. The fourth-order valence-corrected chi connectivity index (χ4v) is 4.96. The van der Waals surface area contributed by atoms with Crippen LogP contribution in [0.1, 0.15) is 23.2 Å². The summed E-state index contributed by atoms with van der Waals surface area (Å²) in [6, 6.07) is 9.01. The third-order valence-corrected chi connectivity index (χ3v) is 6.59. The molecule has 0 N–H and O–H groups in total. The molecule has 3 heterocycles. The molecule has 5 rings (SSSR count). The maximum atomic E-state index is 13.7. The molecule has 1 aliphatic heterocycles. The lowest BCUT2D eigenvalue weighted by molar-refractivity contribution is 0.0917. The summed E-state index contributed by atoms with van der Waals surface area (Å²) in [5, 5.41) is 0.572. The average Bonchev–Trinajstić information content (AvgIpc) is 3.51. The van der Waals surface area contributed by atoms with E-state index in [0.717, 1.165) is 23.1 Å². The Morgan fingerprint density at radius 3 is 2.66 bits per heavy atom. The van der Waals surface area contributed by atoms with Gasteiger partial charge in [-0.25, -0.2) is 4.98 Å². The molecular formula is C23H22N4O4S. The van der Waals surface area contributed by atoms with Crippen LogP contribution in [-0.4, -0.2) is 54.3 Å². The number of carbonyl (C=O) groups excluding carboxylic acids is 1. The van der Waals surface area contributed by atoms with Crippen LogP contribution < -0.4 is 14.4 Å². The molecule has 1 amide bonds. The molecule has 2 aromatic carbocycles. The molecule has 32 heavy (non-hydrogen) atoms. The van der Waals surface area contributed by atoms with Crippen LogP contribution in [0.25, 0.3) is 21.3 Å². The van der Waals surface area contributed by atoms with E-state index in [1.807, 2.05) is 18.2 Å². The zero-order chi connectivity index (χ0) is 22.1. The van der Waals surface area contributed by atoms with E-state index in [2.05, 4.69) is 9.97 Å². The highest BCUT2D eigenvalue weighted by atomic mass is 32.1. The highest BCUT2D eigenvalue weighted by Gasteiger charge is 2.28. The minimum atomic E-state index is -0.162. The first kappa shape index (κ1) is 20.6. The van der Waals surface area contributed by atoms with Crippen molar-refractivity contribution in [2.24, 2.45) is 0 Å². The van der Waals surface area contributed by atoms with Crippen molar-refractivity contribution in [2.75, 3.05) is 32.3 Å². The van der Waals surface area contributed by atoms with Gasteiger partial charge in [0.15, 0.2) is 5.13 Å². The van der Waals surface area contributed by atoms with Gasteiger partial charge in [0.2, 0.25) is 0 Å². The monoisotopic (exact) mass is 450 g/mol. The number of amides is 1. The SMILES string of the molecule is COc1ccc(OC)c2sc(N(CC3CCCO3)C(=O)c3ccc4nccnc4c3)nc12. The van der Waals surface area contributed by atoms with E-state index in [0.29, 0.717) is 46.4 Å². The van der Waals surface area contributed by atoms with Crippen molar-refractivity contribution in [3.05, 3.63) is 48.3 Å². The summed E-state index contributed by atoms with van der Waals surface area (Å²) in [5.41, 5.74) is 2.60. The molecule has 2 aromatic heterocycles. The number of methoxy groups -OCH3 is 2. The predicted octanol–water partition coefficient (Wildman–Crippen LogP) is 4.08. The molecule has 0 bridgehead atoms. The Morgan fingerprint density at radius 1 is 1.12 bits per heavy atom. The van der Waals surface area contributed by atoms with Crippen LogP contribution in [0.15, 0.2) is 42.7 Å². The Hall–Kier alpha value is -3.30. The predicted molar refractivity (Wildman–Crippen MR) is 123 cm³/mol. The number of hydrogen-bond acceptors (Lipinski definition) is 8. The minimum Gasteiger partial charge on any atom is -0.495 e. The normalized spacial score (nSPS) is 15.9. The molecule has 164 valence electrons. The van der Waals surface area contributed by atoms with Crippen LogP contribution in [0.3, 0.4) is 0 Å². The second-order valence-electron chi connectivity index (χ2n) is 7.45. The molecular weight excluding hydrogens is 428 g/mol. The zero-order valence-corrected chi connectivity index (χ0v) is 18.6. The molecule has 0 spiro atoms. The number of ether oxygens (including phenoxy) is 3. The standard InChI is InChI=1S/C23H22N4O4S/c1-29-18-7-8-19(30-2)21-20(18)26-23(32-21)27(13-15-4-3-11-31-15)22(28)14-5-6-16-17(12-14)25-10-9-24-16/h5-10,12,15H,3-4,11,13H2,1-2H3. The van der Waals surface area contributed by atoms with E-state index in [-0.39, 0.29) is 12.0 Å². The van der Waals surface area contributed by atoms with Gasteiger partial charge >= 0.3 is 0 Å². The molecule has 4 aromatic rings. The minimum absolute atomic E-state index is 0.0324. The van der Waals surface area contributed by atoms with Crippen molar-refractivity contribution >= 4 is 43.6 Å². The van der Waals surface area contributed by atoms with Gasteiger partial charge in [-0.2, -0.15) is 0 Å². The first-order valence-electron chi connectivity index (χ1n) is 10.3. The largest absolute Gasteiger partial charge is 0.495 e. The summed E-state index contributed by atoms with van der Waals surface area (Å²) in [5.74, 6) is 1.16. The van der Waals surface area contributed by atoms with Gasteiger partial charge in [-0.3, -0.25) is 19.7 Å². The molecule has 0 aliphatic carbocycles. The van der Waals surface area contributed by atoms with Crippen molar-refractivity contribution in [2.45, 2.75) is 18.9 Å². The third kappa shape index (κ3) is 3.74. The maximum absolute atomic E-state index is 13.7. The van der Waals surface area contributed by atoms with Crippen LogP contribution >= 0.6 is 11.3 Å². The number of nitrogens with zero attached hydrogens (tertiary/aromatic N) is 4. The number of benzene rings is 2. The number of carbonyl (C=O) groups is 1. The van der Waals surface area contributed by atoms with Crippen molar-refractivity contribution in [3.8, 4) is 11.5 Å². The second-order valence-corrected chi connectivity index (χ2v) is 8.43. The Morgan fingerprint density at radius 2 is 1.91 bits per heavy atom. The molecule has 8 nitrogen and oxygen atoms in total. The Balaban J connectivity index is 1.59. The van der Waals surface area contributed by atoms with Gasteiger partial charge in [-0.15, -0.1) is 0 Å². The quantitative estimate of drug-likeness (QED) is 0.437. The van der Waals surface area contributed by atoms with Crippen LogP contribution in [0.2, 0.25) is 0 Å². The lowest BCUT2D eigenvalue weighted by Crippen LogP contribution is -2.37. The van der Waals surface area contributed by atoms with Crippen LogP contribution in [0.4, 0.5) is 5.13 Å². The van der Waals surface area contributed by atoms with E-state index < -0.39 is 0 Å². The van der Waals surface area contributed by atoms with Crippen molar-refractivity contribution in [1.29, 1.82) is 0 Å². The van der Waals surface area contributed by atoms with Crippen LogP contribution in [-0.2, 0) is 4.74 Å². The van der Waals surface area contributed by atoms with Gasteiger partial charge in [-0.1, -0.05) is 11.3 Å². The van der Waals surface area contributed by atoms with Gasteiger partial charge < -0.3 is 14.2 Å². The first-order chi connectivity index (χ1) is 15.7. The molecule has 1 unspecified atom stereocenters. The number of fused-ring (bicyclic) bond motifs is 2. The highest BCUT2D eigenvalue weighted by molar-refractivity contribution is 7.22. The number of rotatable bonds is 6. The molecule has 0 saturated carbocycles. The summed E-state index contributed by atoms with van der Waals surface area (Å²) in [6.45, 7) is 1.13. The average molecular weight is 451 g/mol. The zero-order valence-electron chi connectivity index (χ0n) is 17.8. The van der Waals surface area contributed by atoms with E-state index in [9.17, 15) is 4.79 Å². The van der Waals surface area contributed by atoms with Gasteiger partial charge in [-0.05, 0) is 43.2 Å². The van der Waals surface area contributed by atoms with Crippen molar-refractivity contribution in [3.63, 3.8) is 0 Å². The van der Waals surface area contributed by atoms with Crippen LogP contribution in [0, 0.1) is 0 Å². The molecule has 1 fully saturated rings. The first-order valence-corrected chi connectivity index (χ1v) is 11.2. The van der Waals surface area contributed by atoms with Gasteiger partial charge in [0.05, 0.1) is 37.9 Å². The van der Waals surface area contributed by atoms with Gasteiger partial charge in [0, 0.05) is 24.6 Å². The summed E-state index contributed by atoms with van der Waals surface area (Å²) in [7, 11) is 3.22. The number of hydrogen-bond donors (Lipinski definition) is 0. The summed E-state index contributed by atoms with van der Waals surface area (Å²) < 4.78 is 17.7. The van der Waals surface area contributed by atoms with E-state index >= 15 is 0 Å². The van der Waals surface area contributed by atoms with Crippen molar-refractivity contribution in [1.82, 2.24) is 15.0 Å². The number of thiazole rings is 1. The van der Waals surface area contributed by atoms with Crippen LogP contribution in [0.5, 0.6) is 11.5 Å². The Bertz CT molecular complexity index is 1240. The molecule has 1 atom stereocenters. The number of aromatic nitrogens is 3. The summed E-state index contributed by atoms with van der Waals surface area (Å²) >= 11 is 1.40. The lowest BCUT2D eigenvalue weighted by Gasteiger charge is -2.23. The van der Waals surface area contributed by atoms with E-state index in [4.69, 9.17) is 19.2 Å². The highest BCUT2D eigenvalue weighted by Crippen LogP contribution is 2.40. The van der Waals surface area contributed by atoms with Gasteiger partial charge in [0.25, 0.3) is 5.91 Å². The third-order valence-electron chi connectivity index (χ3n) is 5.50. The lowest BCUT2D eigenvalue weighted by atomic mass is 10.1. The summed E-state index contributed by atoms with van der Waals surface area (Å²) in [6.07, 6.45) is 5.11. The molecule has 1 saturated heterocycles. The Labute approximate surface area is 188 Å². The Kier molecular flexibility index (Phi) is 5.59. The summed E-state index contributed by atoms with van der Waals surface area (Å²) in [4.78, 5) is 28.8. The fourth-order valence-electron chi connectivity index (χ4n) is 3.88. The number of anilines is 1. The molecule has 0 radical (unpaired) electrons. The van der Waals surface area contributed by atoms with E-state index in [1.165, 1.54) is 11.3 Å². The van der Waals surface area contributed by atoms with Crippen molar-refractivity contribution < 1.29 is 19.0 Å². The van der Waals surface area contributed by atoms with Gasteiger partial charge in [0.1, 0.15) is 21.7 Å². The maximum Gasteiger partial charge on any atom is 0.260 e. The topological polar surface area (TPSA) is 86.7 Å². The smallest absolute Gasteiger partial charge is 0.260 e. The van der Waals surface area contributed by atoms with E-state index in [1.54, 1.807) is 43.6 Å².